The molecule has 2 aliphatic rings. The van der Waals surface area contributed by atoms with Gasteiger partial charge >= 0.3 is 0 Å². The summed E-state index contributed by atoms with van der Waals surface area (Å²) in [5.41, 5.74) is 3.86. The molecule has 0 bridgehead atoms. The average Bonchev–Trinajstić information content (AvgIpc) is 2.92. The van der Waals surface area contributed by atoms with E-state index in [0.717, 1.165) is 25.9 Å². The van der Waals surface area contributed by atoms with Gasteiger partial charge in [0.25, 0.3) is 0 Å². The number of carbonyl (C=O) groups is 1. The van der Waals surface area contributed by atoms with Crippen molar-refractivity contribution in [3.8, 4) is 11.5 Å². The fourth-order valence-electron chi connectivity index (χ4n) is 3.92. The molecule has 2 aromatic rings. The van der Waals surface area contributed by atoms with Crippen LogP contribution in [-0.2, 0) is 30.6 Å². The molecule has 1 N–H and O–H groups in total. The van der Waals surface area contributed by atoms with Crippen LogP contribution in [0.4, 0.5) is 0 Å². The van der Waals surface area contributed by atoms with Gasteiger partial charge in [-0.05, 0) is 48.2 Å². The summed E-state index contributed by atoms with van der Waals surface area (Å²) in [5.74, 6) is 0.986. The predicted octanol–water partition coefficient (Wildman–Crippen LogP) is 3.25. The normalized spacial score (nSPS) is 19.3. The van der Waals surface area contributed by atoms with Crippen LogP contribution < -0.4 is 4.74 Å². The first kappa shape index (κ1) is 15.7. The molecule has 126 valence electrons. The third-order valence-corrected chi connectivity index (χ3v) is 6.23. The SMILES string of the molecule is COc1cc2c(cc1O)C1Cc3sc(CC(C)=O)cc3CN1CC2. The lowest BCUT2D eigenvalue weighted by molar-refractivity contribution is -0.116. The number of ether oxygens (including phenoxy) is 1. The van der Waals surface area contributed by atoms with Gasteiger partial charge in [0, 0.05) is 41.7 Å². The van der Waals surface area contributed by atoms with Crippen LogP contribution in [0.5, 0.6) is 11.5 Å². The molecule has 24 heavy (non-hydrogen) atoms. The Morgan fingerprint density at radius 3 is 2.96 bits per heavy atom. The van der Waals surface area contributed by atoms with Crippen LogP contribution in [0.3, 0.4) is 0 Å². The highest BCUT2D eigenvalue weighted by Crippen LogP contribution is 2.43. The Kier molecular flexibility index (Phi) is 3.85. The molecule has 1 aromatic carbocycles. The van der Waals surface area contributed by atoms with Crippen molar-refractivity contribution in [3.05, 3.63) is 44.6 Å². The van der Waals surface area contributed by atoms with Gasteiger partial charge in [-0.25, -0.2) is 0 Å². The number of rotatable bonds is 3. The largest absolute Gasteiger partial charge is 0.504 e. The second kappa shape index (κ2) is 5.90. The molecule has 1 atom stereocenters. The quantitative estimate of drug-likeness (QED) is 0.929. The number of hydrogen-bond donors (Lipinski definition) is 1. The van der Waals surface area contributed by atoms with Gasteiger partial charge in [-0.3, -0.25) is 9.69 Å². The standard InChI is InChI=1S/C19H21NO3S/c1-11(21)5-14-6-13-10-20-4-3-12-7-18(23-2)17(22)8-15(12)16(20)9-19(13)24-14/h6-8,16,22H,3-5,9-10H2,1-2H3. The highest BCUT2D eigenvalue weighted by Gasteiger charge is 2.34. The van der Waals surface area contributed by atoms with Gasteiger partial charge in [0.05, 0.1) is 7.11 Å². The maximum atomic E-state index is 11.4. The van der Waals surface area contributed by atoms with Crippen LogP contribution in [0.25, 0.3) is 0 Å². The van der Waals surface area contributed by atoms with Crippen LogP contribution in [0.15, 0.2) is 18.2 Å². The summed E-state index contributed by atoms with van der Waals surface area (Å²) < 4.78 is 5.25. The Balaban J connectivity index is 1.68. The lowest BCUT2D eigenvalue weighted by Gasteiger charge is -2.40. The zero-order chi connectivity index (χ0) is 16.8. The lowest BCUT2D eigenvalue weighted by atomic mass is 9.86. The smallest absolute Gasteiger partial charge is 0.160 e. The van der Waals surface area contributed by atoms with Crippen LogP contribution in [-0.4, -0.2) is 29.4 Å². The Bertz CT molecular complexity index is 811. The molecule has 0 radical (unpaired) electrons. The number of fused-ring (bicyclic) bond motifs is 4. The third-order valence-electron chi connectivity index (χ3n) is 5.03. The number of aromatic hydroxyl groups is 1. The van der Waals surface area contributed by atoms with E-state index in [1.165, 1.54) is 26.4 Å². The van der Waals surface area contributed by atoms with E-state index in [9.17, 15) is 9.90 Å². The van der Waals surface area contributed by atoms with Crippen molar-refractivity contribution in [1.29, 1.82) is 0 Å². The van der Waals surface area contributed by atoms with E-state index in [1.54, 1.807) is 25.4 Å². The molecule has 0 aliphatic carbocycles. The fraction of sp³-hybridized carbons (Fsp3) is 0.421. The number of benzene rings is 1. The minimum Gasteiger partial charge on any atom is -0.504 e. The highest BCUT2D eigenvalue weighted by molar-refractivity contribution is 7.12. The number of methoxy groups -OCH3 is 1. The van der Waals surface area contributed by atoms with Crippen LogP contribution in [0.2, 0.25) is 0 Å². The van der Waals surface area contributed by atoms with Gasteiger partial charge in [0.2, 0.25) is 0 Å². The lowest BCUT2D eigenvalue weighted by Crippen LogP contribution is -2.38. The number of Topliss-reactive ketones (excluding diaryl/α,β-unsaturated/α-hetero) is 1. The summed E-state index contributed by atoms with van der Waals surface area (Å²) in [5, 5.41) is 10.2. The highest BCUT2D eigenvalue weighted by atomic mass is 32.1. The van der Waals surface area contributed by atoms with Crippen LogP contribution in [0.1, 0.15) is 39.4 Å². The zero-order valence-electron chi connectivity index (χ0n) is 14.0. The van der Waals surface area contributed by atoms with Crippen molar-refractivity contribution in [3.63, 3.8) is 0 Å². The van der Waals surface area contributed by atoms with Crippen molar-refractivity contribution >= 4 is 17.1 Å². The van der Waals surface area contributed by atoms with Gasteiger partial charge in [-0.2, -0.15) is 0 Å². The van der Waals surface area contributed by atoms with Gasteiger partial charge in [0.15, 0.2) is 11.5 Å². The number of hydrogen-bond acceptors (Lipinski definition) is 5. The predicted molar refractivity (Wildman–Crippen MR) is 93.9 cm³/mol. The van der Waals surface area contributed by atoms with E-state index in [2.05, 4.69) is 11.0 Å². The minimum atomic E-state index is 0.215. The van der Waals surface area contributed by atoms with Crippen molar-refractivity contribution in [2.24, 2.45) is 0 Å². The van der Waals surface area contributed by atoms with Gasteiger partial charge in [-0.15, -0.1) is 11.3 Å². The topological polar surface area (TPSA) is 49.8 Å². The number of ketones is 1. The summed E-state index contributed by atoms with van der Waals surface area (Å²) in [7, 11) is 1.59. The molecular weight excluding hydrogens is 322 g/mol. The Morgan fingerprint density at radius 1 is 1.38 bits per heavy atom. The molecule has 5 heteroatoms. The number of phenolic OH excluding ortho intramolecular Hbond substituents is 1. The molecule has 1 aromatic heterocycles. The number of carbonyl (C=O) groups excluding carboxylic acids is 1. The molecule has 2 aliphatic heterocycles. The van der Waals surface area contributed by atoms with E-state index in [4.69, 9.17) is 4.74 Å². The average molecular weight is 343 g/mol. The Hall–Kier alpha value is -1.85. The minimum absolute atomic E-state index is 0.215. The van der Waals surface area contributed by atoms with Gasteiger partial charge in [0.1, 0.15) is 5.78 Å². The van der Waals surface area contributed by atoms with Crippen molar-refractivity contribution in [1.82, 2.24) is 4.90 Å². The first-order valence-electron chi connectivity index (χ1n) is 8.29. The molecule has 0 fully saturated rings. The number of thiophene rings is 1. The van der Waals surface area contributed by atoms with Gasteiger partial charge in [-0.1, -0.05) is 0 Å². The maximum Gasteiger partial charge on any atom is 0.160 e. The number of phenols is 1. The van der Waals surface area contributed by atoms with E-state index in [-0.39, 0.29) is 11.5 Å². The molecule has 0 spiro atoms. The first-order chi connectivity index (χ1) is 11.5. The number of nitrogens with zero attached hydrogens (tertiary/aromatic N) is 1. The summed E-state index contributed by atoms with van der Waals surface area (Å²) >= 11 is 1.77. The summed E-state index contributed by atoms with van der Waals surface area (Å²) in [6.45, 7) is 3.60. The zero-order valence-corrected chi connectivity index (χ0v) is 14.8. The van der Waals surface area contributed by atoms with Crippen LogP contribution in [0, 0.1) is 0 Å². The summed E-state index contributed by atoms with van der Waals surface area (Å²) in [6, 6.07) is 6.37. The maximum absolute atomic E-state index is 11.4. The monoisotopic (exact) mass is 343 g/mol. The second-order valence-electron chi connectivity index (χ2n) is 6.70. The summed E-state index contributed by atoms with van der Waals surface area (Å²) in [4.78, 5) is 16.4. The molecule has 3 heterocycles. The molecule has 4 nitrogen and oxygen atoms in total. The van der Waals surface area contributed by atoms with Crippen molar-refractivity contribution in [2.75, 3.05) is 13.7 Å². The van der Waals surface area contributed by atoms with E-state index in [0.29, 0.717) is 18.2 Å². The van der Waals surface area contributed by atoms with Crippen LogP contribution >= 0.6 is 11.3 Å². The molecule has 0 saturated heterocycles. The fourth-order valence-corrected chi connectivity index (χ4v) is 5.21. The van der Waals surface area contributed by atoms with E-state index < -0.39 is 0 Å². The van der Waals surface area contributed by atoms with Crippen molar-refractivity contribution < 1.29 is 14.6 Å². The third kappa shape index (κ3) is 2.62. The molecular formula is C19H21NO3S. The van der Waals surface area contributed by atoms with Gasteiger partial charge < -0.3 is 9.84 Å². The molecule has 0 amide bonds. The Morgan fingerprint density at radius 2 is 2.21 bits per heavy atom. The Labute approximate surface area is 145 Å². The van der Waals surface area contributed by atoms with Crippen molar-refractivity contribution in [2.45, 2.75) is 38.8 Å². The molecule has 4 rings (SSSR count). The molecule has 0 saturated carbocycles. The molecule has 1 unspecified atom stereocenters. The van der Waals surface area contributed by atoms with E-state index in [1.807, 2.05) is 12.1 Å². The second-order valence-corrected chi connectivity index (χ2v) is 7.92. The first-order valence-corrected chi connectivity index (χ1v) is 9.10. The van der Waals surface area contributed by atoms with E-state index >= 15 is 0 Å². The summed E-state index contributed by atoms with van der Waals surface area (Å²) in [6.07, 6.45) is 2.47.